The molecule has 210 valence electrons. The number of carboxylic acids is 3. The Kier molecular flexibility index (Phi) is 11.8. The number of para-hydroxylation sites is 1. The third kappa shape index (κ3) is 10.3. The molecule has 0 unspecified atom stereocenters. The molecule has 2 aromatic carbocycles. The van der Waals surface area contributed by atoms with Gasteiger partial charge in [0.15, 0.2) is 0 Å². The van der Waals surface area contributed by atoms with Gasteiger partial charge < -0.3 is 42.1 Å². The number of benzene rings is 2. The second-order valence-electron chi connectivity index (χ2n) is 8.18. The van der Waals surface area contributed by atoms with Crippen LogP contribution in [-0.2, 0) is 30.4 Å². The minimum atomic E-state index is -1.31. The van der Waals surface area contributed by atoms with E-state index in [9.17, 15) is 34.2 Å². The first-order valence-electron chi connectivity index (χ1n) is 11.4. The summed E-state index contributed by atoms with van der Waals surface area (Å²) in [4.78, 5) is 58.4. The van der Waals surface area contributed by atoms with Crippen molar-refractivity contribution in [1.82, 2.24) is 10.6 Å². The number of carbonyl (C=O) groups excluding carboxylic acids is 2. The summed E-state index contributed by atoms with van der Waals surface area (Å²) < 4.78 is 0. The molecule has 0 saturated heterocycles. The number of hydrogen-bond acceptors (Lipinski definition) is 9. The van der Waals surface area contributed by atoms with E-state index in [1.165, 1.54) is 12.1 Å². The molecule has 0 saturated carbocycles. The number of hydrogen-bond donors (Lipinski definition) is 8. The van der Waals surface area contributed by atoms with Gasteiger partial charge in [0.2, 0.25) is 11.8 Å². The van der Waals surface area contributed by atoms with Crippen LogP contribution in [-0.4, -0.2) is 74.5 Å². The van der Waals surface area contributed by atoms with Gasteiger partial charge in [-0.3, -0.25) is 24.0 Å². The van der Waals surface area contributed by atoms with E-state index in [0.717, 1.165) is 11.8 Å². The van der Waals surface area contributed by atoms with Crippen molar-refractivity contribution in [1.29, 1.82) is 0 Å². The molecule has 0 aliphatic rings. The fourth-order valence-electron chi connectivity index (χ4n) is 3.22. The minimum absolute atomic E-state index is 0.0844. The lowest BCUT2D eigenvalue weighted by Gasteiger charge is -2.20. The molecule has 0 fully saturated rings. The highest BCUT2D eigenvalue weighted by Crippen LogP contribution is 2.39. The molecule has 39 heavy (non-hydrogen) atoms. The maximum absolute atomic E-state index is 12.6. The van der Waals surface area contributed by atoms with E-state index in [2.05, 4.69) is 16.0 Å². The van der Waals surface area contributed by atoms with Gasteiger partial charge in [0.25, 0.3) is 0 Å². The molecule has 0 aliphatic heterocycles. The molecule has 2 rings (SSSR count). The zero-order chi connectivity index (χ0) is 29.1. The number of halogens is 1. The number of rotatable bonds is 15. The summed E-state index contributed by atoms with van der Waals surface area (Å²) >= 11 is 7.35. The lowest BCUT2D eigenvalue weighted by atomic mass is 10.1. The van der Waals surface area contributed by atoms with Crippen molar-refractivity contribution < 1.29 is 44.4 Å². The third-order valence-corrected chi connectivity index (χ3v) is 6.56. The van der Waals surface area contributed by atoms with Crippen LogP contribution in [0.5, 0.6) is 5.75 Å². The number of amides is 2. The number of thioether (sulfide) groups is 1. The van der Waals surface area contributed by atoms with Crippen LogP contribution in [0.4, 0.5) is 11.4 Å². The van der Waals surface area contributed by atoms with Crippen molar-refractivity contribution in [3.05, 3.63) is 47.0 Å². The molecule has 0 bridgehead atoms. The van der Waals surface area contributed by atoms with E-state index >= 15 is 0 Å². The first kappa shape index (κ1) is 31.2. The molecule has 0 spiro atoms. The predicted octanol–water partition coefficient (Wildman–Crippen LogP) is 1.39. The van der Waals surface area contributed by atoms with Crippen LogP contribution in [0.1, 0.15) is 18.4 Å². The Morgan fingerprint density at radius 1 is 1.03 bits per heavy atom. The van der Waals surface area contributed by atoms with Crippen LogP contribution in [0.15, 0.2) is 41.3 Å². The third-order valence-electron chi connectivity index (χ3n) is 5.13. The summed E-state index contributed by atoms with van der Waals surface area (Å²) in [6.45, 7) is -0.703. The fraction of sp³-hybridized carbons (Fsp3) is 0.292. The van der Waals surface area contributed by atoms with Gasteiger partial charge in [0.1, 0.15) is 24.4 Å². The van der Waals surface area contributed by atoms with E-state index in [0.29, 0.717) is 21.8 Å². The van der Waals surface area contributed by atoms with Gasteiger partial charge in [0, 0.05) is 28.8 Å². The Hall–Kier alpha value is -4.01. The Balaban J connectivity index is 2.27. The monoisotopic (exact) mass is 582 g/mol. The maximum Gasteiger partial charge on any atom is 0.322 e. The van der Waals surface area contributed by atoms with Crippen molar-refractivity contribution in [2.45, 2.75) is 36.2 Å². The lowest BCUT2D eigenvalue weighted by molar-refractivity contribution is -0.139. The number of phenols is 1. The first-order valence-corrected chi connectivity index (χ1v) is 12.7. The molecular weight excluding hydrogens is 556 g/mol. The number of aliphatic carboxylic acids is 3. The van der Waals surface area contributed by atoms with Crippen molar-refractivity contribution in [3.63, 3.8) is 0 Å². The molecular formula is C24H27ClN4O9S. The molecule has 0 aromatic heterocycles. The van der Waals surface area contributed by atoms with E-state index in [4.69, 9.17) is 27.5 Å². The SMILES string of the molecule is N[C@@H](CCC(=O)N[C@@H](CSc1cc(O)cc(Cl)c1Nc1ccccc1CC(=O)O)C(=O)NCC(=O)O)C(=O)O. The number of nitrogens with one attached hydrogen (secondary N) is 3. The number of carboxylic acid groups (broad SMARTS) is 3. The Morgan fingerprint density at radius 2 is 1.72 bits per heavy atom. The predicted molar refractivity (Wildman–Crippen MR) is 142 cm³/mol. The number of nitrogens with two attached hydrogens (primary N) is 1. The van der Waals surface area contributed by atoms with Gasteiger partial charge in [0.05, 0.1) is 17.1 Å². The van der Waals surface area contributed by atoms with Crippen LogP contribution in [0.3, 0.4) is 0 Å². The molecule has 2 amide bonds. The lowest BCUT2D eigenvalue weighted by Crippen LogP contribution is -2.49. The molecule has 9 N–H and O–H groups in total. The van der Waals surface area contributed by atoms with Gasteiger partial charge in [-0.2, -0.15) is 0 Å². The number of aromatic hydroxyl groups is 1. The number of carbonyl (C=O) groups is 5. The summed E-state index contributed by atoms with van der Waals surface area (Å²) in [7, 11) is 0. The van der Waals surface area contributed by atoms with Crippen molar-refractivity contribution in [2.24, 2.45) is 5.73 Å². The van der Waals surface area contributed by atoms with E-state index in [-0.39, 0.29) is 35.8 Å². The van der Waals surface area contributed by atoms with Crippen LogP contribution in [0, 0.1) is 0 Å². The highest BCUT2D eigenvalue weighted by molar-refractivity contribution is 7.99. The normalized spacial score (nSPS) is 12.2. The molecule has 2 atom stereocenters. The number of anilines is 2. The molecule has 0 radical (unpaired) electrons. The van der Waals surface area contributed by atoms with Crippen LogP contribution >= 0.6 is 23.4 Å². The Bertz CT molecular complexity index is 1240. The average Bonchev–Trinajstić information content (AvgIpc) is 2.85. The summed E-state index contributed by atoms with van der Waals surface area (Å²) in [6.07, 6.45) is -0.763. The largest absolute Gasteiger partial charge is 0.508 e. The summed E-state index contributed by atoms with van der Waals surface area (Å²) in [5.74, 6) is -5.49. The molecule has 0 aliphatic carbocycles. The van der Waals surface area contributed by atoms with Crippen LogP contribution < -0.4 is 21.7 Å². The Labute approximate surface area is 231 Å². The highest BCUT2D eigenvalue weighted by Gasteiger charge is 2.24. The van der Waals surface area contributed by atoms with Crippen LogP contribution in [0.25, 0.3) is 0 Å². The van der Waals surface area contributed by atoms with Crippen molar-refractivity contribution in [2.75, 3.05) is 17.6 Å². The summed E-state index contributed by atoms with van der Waals surface area (Å²) in [5.41, 5.74) is 6.60. The van der Waals surface area contributed by atoms with E-state index in [1.807, 2.05) is 0 Å². The molecule has 2 aromatic rings. The quantitative estimate of drug-likeness (QED) is 0.110. The second-order valence-corrected chi connectivity index (χ2v) is 9.65. The number of phenolic OH excluding ortho intramolecular Hbond substituents is 1. The summed E-state index contributed by atoms with van der Waals surface area (Å²) in [6, 6.07) is 6.68. The molecule has 0 heterocycles. The topological polar surface area (TPSA) is 228 Å². The second kappa shape index (κ2) is 14.8. The first-order chi connectivity index (χ1) is 18.4. The zero-order valence-electron chi connectivity index (χ0n) is 20.3. The minimum Gasteiger partial charge on any atom is -0.508 e. The van der Waals surface area contributed by atoms with Crippen LogP contribution in [0.2, 0.25) is 5.02 Å². The van der Waals surface area contributed by atoms with E-state index < -0.39 is 48.4 Å². The van der Waals surface area contributed by atoms with Crippen molar-refractivity contribution >= 4 is 64.5 Å². The summed E-state index contributed by atoms with van der Waals surface area (Å²) in [5, 5.41) is 44.9. The fourth-order valence-corrected chi connectivity index (χ4v) is 4.62. The van der Waals surface area contributed by atoms with Gasteiger partial charge in [-0.15, -0.1) is 11.8 Å². The average molecular weight is 583 g/mol. The van der Waals surface area contributed by atoms with E-state index in [1.54, 1.807) is 24.3 Å². The Morgan fingerprint density at radius 3 is 2.36 bits per heavy atom. The van der Waals surface area contributed by atoms with Gasteiger partial charge >= 0.3 is 17.9 Å². The zero-order valence-corrected chi connectivity index (χ0v) is 21.9. The standard InChI is InChI=1S/C24H27ClN4O9S/c25-14-8-13(30)9-18(22(14)29-16-4-2-1-3-12(16)7-20(32)33)39-11-17(23(36)27-10-21(34)35)28-19(31)6-5-15(26)24(37)38/h1-4,8-9,15,17,29-30H,5-7,10-11,26H2,(H,27,36)(H,28,31)(H,32,33)(H,34,35)(H,37,38)/t15-,17-/m0/s1. The highest BCUT2D eigenvalue weighted by atomic mass is 35.5. The molecule has 15 heteroatoms. The van der Waals surface area contributed by atoms with Gasteiger partial charge in [-0.25, -0.2) is 0 Å². The maximum atomic E-state index is 12.6. The van der Waals surface area contributed by atoms with Gasteiger partial charge in [-0.1, -0.05) is 29.8 Å². The van der Waals surface area contributed by atoms with Gasteiger partial charge in [-0.05, 0) is 24.1 Å². The smallest absolute Gasteiger partial charge is 0.322 e. The van der Waals surface area contributed by atoms with Crippen molar-refractivity contribution in [3.8, 4) is 5.75 Å². The molecule has 13 nitrogen and oxygen atoms in total.